The van der Waals surface area contributed by atoms with E-state index in [-0.39, 0.29) is 25.6 Å². The van der Waals surface area contributed by atoms with Crippen molar-refractivity contribution >= 4 is 11.9 Å². The first-order valence-corrected chi connectivity index (χ1v) is 17.5. The molecule has 1 unspecified atom stereocenters. The number of rotatable bonds is 29. The highest BCUT2D eigenvalue weighted by Crippen LogP contribution is 2.13. The van der Waals surface area contributed by atoms with E-state index in [1.54, 1.807) is 6.08 Å². The number of carbonyl (C=O) groups is 2. The summed E-state index contributed by atoms with van der Waals surface area (Å²) in [5, 5.41) is 19.6. The highest BCUT2D eigenvalue weighted by molar-refractivity contribution is 5.70. The second-order valence-electron chi connectivity index (χ2n) is 11.9. The summed E-state index contributed by atoms with van der Waals surface area (Å²) in [7, 11) is 0. The molecule has 0 spiro atoms. The quantitative estimate of drug-likeness (QED) is 0.0371. The Morgan fingerprint density at radius 3 is 1.91 bits per heavy atom. The van der Waals surface area contributed by atoms with Gasteiger partial charge in [-0.2, -0.15) is 0 Å². The number of aliphatic hydroxyl groups excluding tert-OH is 2. The van der Waals surface area contributed by atoms with E-state index >= 15 is 0 Å². The van der Waals surface area contributed by atoms with E-state index in [9.17, 15) is 19.8 Å². The number of carbonyl (C=O) groups excluding carboxylic acids is 2. The Morgan fingerprint density at radius 2 is 1.29 bits per heavy atom. The highest BCUT2D eigenvalue weighted by atomic mass is 16.6. The first-order chi connectivity index (χ1) is 21.9. The molecule has 256 valence electrons. The van der Waals surface area contributed by atoms with Crippen molar-refractivity contribution in [2.75, 3.05) is 13.2 Å². The summed E-state index contributed by atoms with van der Waals surface area (Å²) in [6.45, 7) is 6.13. The zero-order chi connectivity index (χ0) is 33.2. The fourth-order valence-corrected chi connectivity index (χ4v) is 4.38. The van der Waals surface area contributed by atoms with Crippen molar-refractivity contribution in [1.29, 1.82) is 0 Å². The van der Waals surface area contributed by atoms with Gasteiger partial charge in [-0.25, -0.2) is 0 Å². The standard InChI is InChI=1S/C39H64O6/c1-4-5-6-7-8-9-10-11-12-13-17-20-24-29-36(41)30-25-22-27-31-38(42)44-34-37(33-40)45-39(43)32-26-21-18-15-14-16-19-23-28-35(2)3/h5-6,8-9,11-12,17,20,22,24-25,29,35-37,40-41H,4,7,10,13-16,18-19,21,23,26-28,30-34H2,1-3H3/b6-5-,9-8-,12-11-,20-17-,25-22-,29-24-/t36?,37-/m0/s1. The third kappa shape index (κ3) is 32.5. The molecule has 0 aromatic rings. The summed E-state index contributed by atoms with van der Waals surface area (Å²) in [4.78, 5) is 24.1. The first kappa shape index (κ1) is 42.3. The Hall–Kier alpha value is -2.70. The fraction of sp³-hybridized carbons (Fsp3) is 0.641. The van der Waals surface area contributed by atoms with Crippen LogP contribution in [-0.4, -0.2) is 47.6 Å². The van der Waals surface area contributed by atoms with Gasteiger partial charge in [0, 0.05) is 12.8 Å². The van der Waals surface area contributed by atoms with E-state index in [1.807, 2.05) is 30.4 Å². The lowest BCUT2D eigenvalue weighted by Crippen LogP contribution is -2.28. The molecule has 6 nitrogen and oxygen atoms in total. The lowest BCUT2D eigenvalue weighted by Gasteiger charge is -2.15. The Labute approximate surface area is 275 Å². The predicted molar refractivity (Wildman–Crippen MR) is 188 cm³/mol. The van der Waals surface area contributed by atoms with Crippen LogP contribution >= 0.6 is 0 Å². The molecular formula is C39H64O6. The number of hydrogen-bond donors (Lipinski definition) is 2. The SMILES string of the molecule is CC/C=C\C/C=C\C/C=C\C/C=C\C=C/C(O)C/C=C\CCC(=O)OC[C@H](CO)OC(=O)CCCCCCCCCCC(C)C. The normalized spacial score (nSPS) is 13.9. The van der Waals surface area contributed by atoms with Gasteiger partial charge in [0.2, 0.25) is 0 Å². The summed E-state index contributed by atoms with van der Waals surface area (Å²) >= 11 is 0. The second kappa shape index (κ2) is 32.7. The summed E-state index contributed by atoms with van der Waals surface area (Å²) in [5.41, 5.74) is 0. The summed E-state index contributed by atoms with van der Waals surface area (Å²) in [6.07, 6.45) is 38.6. The summed E-state index contributed by atoms with van der Waals surface area (Å²) < 4.78 is 10.4. The van der Waals surface area contributed by atoms with Gasteiger partial charge in [0.05, 0.1) is 12.7 Å². The largest absolute Gasteiger partial charge is 0.462 e. The molecule has 0 saturated carbocycles. The average Bonchev–Trinajstić information content (AvgIpc) is 3.02. The van der Waals surface area contributed by atoms with Crippen LogP contribution < -0.4 is 0 Å². The molecule has 0 saturated heterocycles. The van der Waals surface area contributed by atoms with Crippen molar-refractivity contribution in [2.24, 2.45) is 5.92 Å². The number of ether oxygens (including phenoxy) is 2. The van der Waals surface area contributed by atoms with Crippen LogP contribution in [0.25, 0.3) is 0 Å². The molecule has 2 N–H and O–H groups in total. The van der Waals surface area contributed by atoms with Crippen molar-refractivity contribution in [1.82, 2.24) is 0 Å². The smallest absolute Gasteiger partial charge is 0.306 e. The molecule has 0 aliphatic rings. The summed E-state index contributed by atoms with van der Waals surface area (Å²) in [5.74, 6) is 0.00690. The van der Waals surface area contributed by atoms with Crippen molar-refractivity contribution < 1.29 is 29.3 Å². The Bertz CT molecular complexity index is 880. The molecule has 0 aliphatic heterocycles. The topological polar surface area (TPSA) is 93.1 Å². The number of esters is 2. The molecule has 0 bridgehead atoms. The molecule has 0 aromatic heterocycles. The van der Waals surface area contributed by atoms with Crippen LogP contribution in [0.15, 0.2) is 72.9 Å². The van der Waals surface area contributed by atoms with Gasteiger partial charge in [0.25, 0.3) is 0 Å². The van der Waals surface area contributed by atoms with Gasteiger partial charge in [-0.15, -0.1) is 0 Å². The minimum absolute atomic E-state index is 0.150. The Balaban J connectivity index is 3.87. The predicted octanol–water partition coefficient (Wildman–Crippen LogP) is 9.44. The maximum Gasteiger partial charge on any atom is 0.306 e. The molecule has 0 aliphatic carbocycles. The lowest BCUT2D eigenvalue weighted by molar-refractivity contribution is -0.161. The minimum Gasteiger partial charge on any atom is -0.462 e. The highest BCUT2D eigenvalue weighted by Gasteiger charge is 2.15. The Morgan fingerprint density at radius 1 is 0.689 bits per heavy atom. The van der Waals surface area contributed by atoms with E-state index in [1.165, 1.54) is 38.5 Å². The number of hydrogen-bond acceptors (Lipinski definition) is 6. The van der Waals surface area contributed by atoms with Crippen LogP contribution in [0.3, 0.4) is 0 Å². The van der Waals surface area contributed by atoms with E-state index < -0.39 is 18.2 Å². The van der Waals surface area contributed by atoms with Crippen LogP contribution in [0.4, 0.5) is 0 Å². The van der Waals surface area contributed by atoms with Gasteiger partial charge < -0.3 is 19.7 Å². The van der Waals surface area contributed by atoms with Gasteiger partial charge in [-0.05, 0) is 50.9 Å². The first-order valence-electron chi connectivity index (χ1n) is 17.5. The third-order valence-corrected chi connectivity index (χ3v) is 7.04. The van der Waals surface area contributed by atoms with Gasteiger partial charge in [0.1, 0.15) is 6.61 Å². The van der Waals surface area contributed by atoms with E-state index in [0.717, 1.165) is 50.9 Å². The fourth-order valence-electron chi connectivity index (χ4n) is 4.38. The van der Waals surface area contributed by atoms with Crippen LogP contribution in [0.1, 0.15) is 130 Å². The molecule has 45 heavy (non-hydrogen) atoms. The molecule has 6 heteroatoms. The number of unbranched alkanes of at least 4 members (excludes halogenated alkanes) is 7. The second-order valence-corrected chi connectivity index (χ2v) is 11.9. The van der Waals surface area contributed by atoms with Crippen molar-refractivity contribution in [3.05, 3.63) is 72.9 Å². The molecule has 0 aromatic carbocycles. The van der Waals surface area contributed by atoms with Crippen LogP contribution in [-0.2, 0) is 19.1 Å². The van der Waals surface area contributed by atoms with Crippen molar-refractivity contribution in [3.63, 3.8) is 0 Å². The van der Waals surface area contributed by atoms with Gasteiger partial charge >= 0.3 is 11.9 Å². The zero-order valence-corrected chi connectivity index (χ0v) is 28.6. The van der Waals surface area contributed by atoms with Gasteiger partial charge in [0.15, 0.2) is 6.10 Å². The monoisotopic (exact) mass is 628 g/mol. The molecule has 0 radical (unpaired) electrons. The molecule has 0 rings (SSSR count). The van der Waals surface area contributed by atoms with E-state index in [2.05, 4.69) is 57.2 Å². The van der Waals surface area contributed by atoms with E-state index in [4.69, 9.17) is 9.47 Å². The maximum absolute atomic E-state index is 12.1. The van der Waals surface area contributed by atoms with Crippen LogP contribution in [0.5, 0.6) is 0 Å². The minimum atomic E-state index is -0.838. The van der Waals surface area contributed by atoms with Crippen molar-refractivity contribution in [2.45, 2.75) is 142 Å². The van der Waals surface area contributed by atoms with Crippen LogP contribution in [0.2, 0.25) is 0 Å². The maximum atomic E-state index is 12.1. The zero-order valence-electron chi connectivity index (χ0n) is 28.6. The molecule has 0 heterocycles. The van der Waals surface area contributed by atoms with E-state index in [0.29, 0.717) is 19.3 Å². The molecule has 2 atom stereocenters. The van der Waals surface area contributed by atoms with Crippen LogP contribution in [0, 0.1) is 5.92 Å². The van der Waals surface area contributed by atoms with Gasteiger partial charge in [-0.3, -0.25) is 9.59 Å². The average molecular weight is 629 g/mol. The third-order valence-electron chi connectivity index (χ3n) is 7.04. The molecule has 0 fully saturated rings. The lowest BCUT2D eigenvalue weighted by atomic mass is 10.0. The van der Waals surface area contributed by atoms with Crippen molar-refractivity contribution in [3.8, 4) is 0 Å². The molecule has 0 amide bonds. The Kier molecular flexibility index (Phi) is 30.7. The molecular weight excluding hydrogens is 564 g/mol. The summed E-state index contributed by atoms with van der Waals surface area (Å²) in [6, 6.07) is 0. The number of allylic oxidation sites excluding steroid dienone is 10. The number of aliphatic hydroxyl groups is 2. The van der Waals surface area contributed by atoms with Gasteiger partial charge in [-0.1, -0.05) is 145 Å².